The fourth-order valence-electron chi connectivity index (χ4n) is 3.32. The van der Waals surface area contributed by atoms with E-state index >= 15 is 0 Å². The Morgan fingerprint density at radius 3 is 2.95 bits per heavy atom. The van der Waals surface area contributed by atoms with Crippen LogP contribution in [0.1, 0.15) is 28.9 Å². The lowest BCUT2D eigenvalue weighted by Crippen LogP contribution is -2.41. The molecule has 0 radical (unpaired) electrons. The number of hydrogen-bond donors (Lipinski definition) is 2. The van der Waals surface area contributed by atoms with Crippen LogP contribution in [0.15, 0.2) is 18.2 Å². The van der Waals surface area contributed by atoms with Gasteiger partial charge in [-0.3, -0.25) is 4.79 Å². The maximum atomic E-state index is 12.5. The third-order valence-electron chi connectivity index (χ3n) is 4.33. The van der Waals surface area contributed by atoms with Crippen molar-refractivity contribution in [2.75, 3.05) is 5.73 Å². The molecule has 110 valence electrons. The lowest BCUT2D eigenvalue weighted by atomic mass is 9.95. The number of amides is 1. The quantitative estimate of drug-likeness (QED) is 0.892. The van der Waals surface area contributed by atoms with Crippen molar-refractivity contribution in [3.05, 3.63) is 28.1 Å². The smallest absolute Gasteiger partial charge is 0.263 e. The molecule has 4 nitrogen and oxygen atoms in total. The number of carbonyl (C=O) groups is 1. The Hall–Kier alpha value is -1.30. The van der Waals surface area contributed by atoms with E-state index in [1.807, 2.05) is 12.1 Å². The van der Waals surface area contributed by atoms with Crippen LogP contribution in [0, 0.1) is 0 Å². The van der Waals surface area contributed by atoms with Gasteiger partial charge in [0.25, 0.3) is 5.91 Å². The fourth-order valence-corrected chi connectivity index (χ4v) is 4.71. The second kappa shape index (κ2) is 4.87. The molecule has 2 bridgehead atoms. The minimum Gasteiger partial charge on any atom is -0.397 e. The molecule has 3 atom stereocenters. The van der Waals surface area contributed by atoms with Crippen molar-refractivity contribution in [2.45, 2.75) is 37.5 Å². The monoisotopic (exact) mass is 322 g/mol. The van der Waals surface area contributed by atoms with Crippen LogP contribution >= 0.6 is 22.9 Å². The molecule has 0 spiro atoms. The van der Waals surface area contributed by atoms with Crippen molar-refractivity contribution in [1.82, 2.24) is 5.32 Å². The number of nitrogen functional groups attached to an aromatic ring is 1. The van der Waals surface area contributed by atoms with Crippen molar-refractivity contribution in [3.8, 4) is 0 Å². The van der Waals surface area contributed by atoms with Crippen LogP contribution in [0.4, 0.5) is 5.69 Å². The molecule has 21 heavy (non-hydrogen) atoms. The highest BCUT2D eigenvalue weighted by Crippen LogP contribution is 2.39. The zero-order valence-corrected chi connectivity index (χ0v) is 12.8. The first-order valence-electron chi connectivity index (χ1n) is 7.06. The van der Waals surface area contributed by atoms with E-state index in [2.05, 4.69) is 5.32 Å². The largest absolute Gasteiger partial charge is 0.397 e. The first-order chi connectivity index (χ1) is 10.1. The summed E-state index contributed by atoms with van der Waals surface area (Å²) in [6.07, 6.45) is 3.52. The van der Waals surface area contributed by atoms with E-state index in [1.165, 1.54) is 11.3 Å². The van der Waals surface area contributed by atoms with Crippen molar-refractivity contribution in [1.29, 1.82) is 0 Å². The number of thiophene rings is 1. The molecule has 1 aromatic heterocycles. The predicted molar refractivity (Wildman–Crippen MR) is 85.0 cm³/mol. The highest BCUT2D eigenvalue weighted by Gasteiger charge is 2.41. The molecular formula is C15H15ClN2O2S. The van der Waals surface area contributed by atoms with Gasteiger partial charge in [0.05, 0.1) is 29.0 Å². The third kappa shape index (κ3) is 2.11. The summed E-state index contributed by atoms with van der Waals surface area (Å²) < 4.78 is 6.71. The van der Waals surface area contributed by atoms with Gasteiger partial charge in [0.1, 0.15) is 4.88 Å². The molecule has 0 saturated carbocycles. The lowest BCUT2D eigenvalue weighted by Gasteiger charge is -2.19. The Bertz CT molecular complexity index is 730. The van der Waals surface area contributed by atoms with E-state index < -0.39 is 0 Å². The van der Waals surface area contributed by atoms with Crippen LogP contribution in [0.5, 0.6) is 0 Å². The van der Waals surface area contributed by atoms with Gasteiger partial charge in [0.15, 0.2) is 0 Å². The van der Waals surface area contributed by atoms with Gasteiger partial charge < -0.3 is 15.8 Å². The first kappa shape index (κ1) is 13.4. The van der Waals surface area contributed by atoms with E-state index in [0.29, 0.717) is 21.7 Å². The summed E-state index contributed by atoms with van der Waals surface area (Å²) in [6.45, 7) is 0. The van der Waals surface area contributed by atoms with E-state index in [9.17, 15) is 4.79 Å². The number of carbonyl (C=O) groups excluding carboxylic acids is 1. The molecule has 6 heteroatoms. The average Bonchev–Trinajstić information content (AvgIpc) is 3.13. The topological polar surface area (TPSA) is 64.4 Å². The third-order valence-corrected chi connectivity index (χ3v) is 5.81. The van der Waals surface area contributed by atoms with Gasteiger partial charge in [-0.15, -0.1) is 11.3 Å². The normalized spacial score (nSPS) is 27.4. The molecule has 2 saturated heterocycles. The summed E-state index contributed by atoms with van der Waals surface area (Å²) in [4.78, 5) is 13.0. The molecule has 3 heterocycles. The van der Waals surface area contributed by atoms with Crippen molar-refractivity contribution < 1.29 is 9.53 Å². The number of nitrogens with two attached hydrogens (primary N) is 1. The molecular weight excluding hydrogens is 308 g/mol. The second-order valence-corrected chi connectivity index (χ2v) is 7.11. The maximum absolute atomic E-state index is 12.5. The molecule has 3 N–H and O–H groups in total. The number of hydrogen-bond acceptors (Lipinski definition) is 4. The molecule has 3 unspecified atom stereocenters. The number of fused-ring (bicyclic) bond motifs is 3. The van der Waals surface area contributed by atoms with Gasteiger partial charge in [-0.2, -0.15) is 0 Å². The average molecular weight is 323 g/mol. The van der Waals surface area contributed by atoms with Crippen LogP contribution in [0.2, 0.25) is 5.02 Å². The zero-order chi connectivity index (χ0) is 14.6. The van der Waals surface area contributed by atoms with E-state index in [0.717, 1.165) is 29.3 Å². The van der Waals surface area contributed by atoms with Gasteiger partial charge in [0, 0.05) is 10.1 Å². The van der Waals surface area contributed by atoms with E-state index in [1.54, 1.807) is 6.07 Å². The Balaban J connectivity index is 1.62. The highest BCUT2D eigenvalue weighted by atomic mass is 35.5. The SMILES string of the molecule is Nc1c(C(=O)NC2CC3CCC2O3)sc2cccc(Cl)c12. The van der Waals surface area contributed by atoms with Crippen LogP contribution in [-0.2, 0) is 4.74 Å². The minimum atomic E-state index is -0.120. The van der Waals surface area contributed by atoms with Crippen LogP contribution in [0.25, 0.3) is 10.1 Å². The summed E-state index contributed by atoms with van der Waals surface area (Å²) in [5, 5.41) is 4.43. The summed E-state index contributed by atoms with van der Waals surface area (Å²) >= 11 is 7.56. The van der Waals surface area contributed by atoms with Crippen LogP contribution in [0.3, 0.4) is 0 Å². The summed E-state index contributed by atoms with van der Waals surface area (Å²) in [5.41, 5.74) is 6.60. The Morgan fingerprint density at radius 1 is 1.43 bits per heavy atom. The first-order valence-corrected chi connectivity index (χ1v) is 8.25. The van der Waals surface area contributed by atoms with Crippen LogP contribution < -0.4 is 11.1 Å². The number of halogens is 1. The number of anilines is 1. The van der Waals surface area contributed by atoms with Crippen molar-refractivity contribution in [2.24, 2.45) is 0 Å². The number of benzene rings is 1. The summed E-state index contributed by atoms with van der Waals surface area (Å²) in [5.74, 6) is -0.120. The van der Waals surface area contributed by atoms with Gasteiger partial charge in [-0.05, 0) is 31.4 Å². The predicted octanol–water partition coefficient (Wildman–Crippen LogP) is 3.19. The van der Waals surface area contributed by atoms with E-state index in [4.69, 9.17) is 22.1 Å². The van der Waals surface area contributed by atoms with Gasteiger partial charge in [-0.1, -0.05) is 17.7 Å². The lowest BCUT2D eigenvalue weighted by molar-refractivity contribution is 0.0844. The standard InChI is InChI=1S/C15H15ClN2O2S/c16-8-2-1-3-11-12(8)13(17)14(21-11)15(19)18-9-6-7-4-5-10(9)20-7/h1-3,7,9-10H,4-6,17H2,(H,18,19). The Kier molecular flexibility index (Phi) is 3.10. The Labute approximate surface area is 131 Å². The van der Waals surface area contributed by atoms with Crippen molar-refractivity contribution in [3.63, 3.8) is 0 Å². The maximum Gasteiger partial charge on any atom is 0.263 e. The molecule has 1 aromatic carbocycles. The highest BCUT2D eigenvalue weighted by molar-refractivity contribution is 7.21. The van der Waals surface area contributed by atoms with Crippen LogP contribution in [-0.4, -0.2) is 24.2 Å². The summed E-state index contributed by atoms with van der Waals surface area (Å²) in [7, 11) is 0. The van der Waals surface area contributed by atoms with Crippen molar-refractivity contribution >= 4 is 44.6 Å². The molecule has 4 rings (SSSR count). The zero-order valence-electron chi connectivity index (χ0n) is 11.3. The molecule has 2 aliphatic rings. The Morgan fingerprint density at radius 2 is 2.29 bits per heavy atom. The fraction of sp³-hybridized carbons (Fsp3) is 0.400. The van der Waals surface area contributed by atoms with E-state index in [-0.39, 0.29) is 18.1 Å². The molecule has 2 aromatic rings. The van der Waals surface area contributed by atoms with Gasteiger partial charge in [-0.25, -0.2) is 0 Å². The van der Waals surface area contributed by atoms with Gasteiger partial charge in [0.2, 0.25) is 0 Å². The summed E-state index contributed by atoms with van der Waals surface area (Å²) in [6, 6.07) is 5.70. The molecule has 2 fully saturated rings. The molecule has 1 amide bonds. The number of rotatable bonds is 2. The number of nitrogens with one attached hydrogen (secondary N) is 1. The molecule has 2 aliphatic heterocycles. The van der Waals surface area contributed by atoms with Gasteiger partial charge >= 0.3 is 0 Å². The minimum absolute atomic E-state index is 0.108. The number of ether oxygens (including phenoxy) is 1. The second-order valence-electron chi connectivity index (χ2n) is 5.65. The molecule has 0 aliphatic carbocycles.